The van der Waals surface area contributed by atoms with Gasteiger partial charge in [0, 0.05) is 13.1 Å². The van der Waals surface area contributed by atoms with E-state index in [1.807, 2.05) is 30.5 Å². The molecule has 1 saturated heterocycles. The second-order valence-corrected chi connectivity index (χ2v) is 11.2. The van der Waals surface area contributed by atoms with Crippen LogP contribution in [0.3, 0.4) is 0 Å². The zero-order chi connectivity index (χ0) is 20.6. The number of sulfonamides is 1. The highest BCUT2D eigenvalue weighted by Gasteiger charge is 2.38. The van der Waals surface area contributed by atoms with E-state index in [4.69, 9.17) is 0 Å². The Balaban J connectivity index is 1.74. The number of thiophene rings is 1. The summed E-state index contributed by atoms with van der Waals surface area (Å²) in [6.07, 6.45) is 2.08. The molecular weight excluding hydrogens is 426 g/mol. The normalized spacial score (nSPS) is 19.1. The minimum Gasteiger partial charge on any atom is -0.317 e. The van der Waals surface area contributed by atoms with Crippen molar-refractivity contribution in [3.8, 4) is 0 Å². The van der Waals surface area contributed by atoms with Crippen LogP contribution in [0.25, 0.3) is 10.2 Å². The van der Waals surface area contributed by atoms with E-state index in [0.29, 0.717) is 24.3 Å². The molecule has 1 amide bonds. The highest BCUT2D eigenvalue weighted by molar-refractivity contribution is 7.91. The van der Waals surface area contributed by atoms with Crippen molar-refractivity contribution >= 4 is 48.8 Å². The lowest BCUT2D eigenvalue weighted by atomic mass is 10.0. The number of hydrogen-bond donors (Lipinski definition) is 0. The number of carbonyl (C=O) groups excluding carboxylic acids is 1. The van der Waals surface area contributed by atoms with Crippen molar-refractivity contribution in [2.75, 3.05) is 6.54 Å². The van der Waals surface area contributed by atoms with Gasteiger partial charge in [-0.25, -0.2) is 8.42 Å². The van der Waals surface area contributed by atoms with Crippen LogP contribution in [0.15, 0.2) is 44.9 Å². The molecule has 1 aromatic carbocycles. The maximum absolute atomic E-state index is 13.1. The third-order valence-electron chi connectivity index (χ3n) is 5.16. The molecule has 1 atom stereocenters. The standard InChI is InChI=1S/C20H23N3O3S3/c1-3-22-15-10-9-14(2)13-17(15)28-20(22)21-19(24)16-7-4-5-11-23(16)29(25,26)18-8-6-12-27-18/h6,8-10,12-13,16H,3-5,7,11H2,1-2H3. The zero-order valence-corrected chi connectivity index (χ0v) is 18.8. The number of hydrogen-bond acceptors (Lipinski definition) is 5. The van der Waals surface area contributed by atoms with Gasteiger partial charge in [0.25, 0.3) is 15.9 Å². The van der Waals surface area contributed by atoms with Gasteiger partial charge in [-0.3, -0.25) is 4.79 Å². The number of carbonyl (C=O) groups is 1. The summed E-state index contributed by atoms with van der Waals surface area (Å²) in [4.78, 5) is 18.2. The van der Waals surface area contributed by atoms with Crippen LogP contribution >= 0.6 is 22.7 Å². The van der Waals surface area contributed by atoms with Crippen LogP contribution in [0.4, 0.5) is 0 Å². The molecule has 6 nitrogen and oxygen atoms in total. The monoisotopic (exact) mass is 449 g/mol. The minimum atomic E-state index is -3.68. The Labute approximate surface area is 178 Å². The predicted molar refractivity (Wildman–Crippen MR) is 117 cm³/mol. The lowest BCUT2D eigenvalue weighted by Crippen LogP contribution is -2.47. The summed E-state index contributed by atoms with van der Waals surface area (Å²) in [6, 6.07) is 8.74. The maximum atomic E-state index is 13.1. The molecule has 29 heavy (non-hydrogen) atoms. The fourth-order valence-corrected chi connectivity index (χ4v) is 7.67. The smallest absolute Gasteiger partial charge is 0.266 e. The highest BCUT2D eigenvalue weighted by Crippen LogP contribution is 2.28. The van der Waals surface area contributed by atoms with Gasteiger partial charge in [-0.2, -0.15) is 9.30 Å². The third kappa shape index (κ3) is 3.84. The Hall–Kier alpha value is -1.81. The number of fused-ring (bicyclic) bond motifs is 1. The molecule has 0 aliphatic carbocycles. The first-order valence-corrected chi connectivity index (χ1v) is 12.8. The van der Waals surface area contributed by atoms with Gasteiger partial charge in [-0.05, 0) is 55.8 Å². The number of rotatable bonds is 4. The molecule has 0 radical (unpaired) electrons. The van der Waals surface area contributed by atoms with Gasteiger partial charge in [0.2, 0.25) is 0 Å². The second-order valence-electron chi connectivity index (χ2n) is 7.11. The molecule has 0 saturated carbocycles. The molecule has 9 heteroatoms. The highest BCUT2D eigenvalue weighted by atomic mass is 32.2. The zero-order valence-electron chi connectivity index (χ0n) is 16.4. The van der Waals surface area contributed by atoms with Crippen LogP contribution in [0.1, 0.15) is 31.7 Å². The van der Waals surface area contributed by atoms with Gasteiger partial charge in [0.05, 0.1) is 10.2 Å². The molecule has 0 N–H and O–H groups in total. The summed E-state index contributed by atoms with van der Waals surface area (Å²) in [7, 11) is -3.68. The number of aromatic nitrogens is 1. The largest absolute Gasteiger partial charge is 0.317 e. The lowest BCUT2D eigenvalue weighted by Gasteiger charge is -2.31. The van der Waals surface area contributed by atoms with Crippen molar-refractivity contribution in [2.45, 2.75) is 49.9 Å². The number of thiazole rings is 1. The number of benzene rings is 1. The van der Waals surface area contributed by atoms with Crippen molar-refractivity contribution < 1.29 is 13.2 Å². The van der Waals surface area contributed by atoms with Gasteiger partial charge in [-0.1, -0.05) is 29.9 Å². The topological polar surface area (TPSA) is 71.7 Å². The van der Waals surface area contributed by atoms with Crippen molar-refractivity contribution in [1.82, 2.24) is 8.87 Å². The summed E-state index contributed by atoms with van der Waals surface area (Å²) >= 11 is 2.65. The van der Waals surface area contributed by atoms with Crippen LogP contribution < -0.4 is 4.80 Å². The van der Waals surface area contributed by atoms with Crippen molar-refractivity contribution in [3.05, 3.63) is 46.1 Å². The van der Waals surface area contributed by atoms with Gasteiger partial charge in [0.1, 0.15) is 10.3 Å². The van der Waals surface area contributed by atoms with E-state index in [0.717, 1.165) is 28.6 Å². The molecule has 3 heterocycles. The molecule has 1 aliphatic rings. The van der Waals surface area contributed by atoms with Crippen LogP contribution in [-0.2, 0) is 21.4 Å². The lowest BCUT2D eigenvalue weighted by molar-refractivity contribution is -0.122. The van der Waals surface area contributed by atoms with Gasteiger partial charge in [0.15, 0.2) is 4.80 Å². The SMILES string of the molecule is CCn1c(=NC(=O)C2CCCCN2S(=O)(=O)c2cccs2)sc2cc(C)ccc21. The number of nitrogens with zero attached hydrogens (tertiary/aromatic N) is 3. The van der Waals surface area contributed by atoms with Crippen molar-refractivity contribution in [3.63, 3.8) is 0 Å². The van der Waals surface area contributed by atoms with Gasteiger partial charge >= 0.3 is 0 Å². The van der Waals surface area contributed by atoms with Crippen molar-refractivity contribution in [2.24, 2.45) is 4.99 Å². The minimum absolute atomic E-state index is 0.276. The molecule has 1 aliphatic heterocycles. The summed E-state index contributed by atoms with van der Waals surface area (Å²) in [5.41, 5.74) is 2.20. The summed E-state index contributed by atoms with van der Waals surface area (Å²) in [5.74, 6) is -0.379. The van der Waals surface area contributed by atoms with E-state index >= 15 is 0 Å². The second kappa shape index (κ2) is 8.14. The Morgan fingerprint density at radius 1 is 1.28 bits per heavy atom. The van der Waals surface area contributed by atoms with Gasteiger partial charge in [-0.15, -0.1) is 11.3 Å². The fraction of sp³-hybridized carbons (Fsp3) is 0.400. The first-order chi connectivity index (χ1) is 13.9. The third-order valence-corrected chi connectivity index (χ3v) is 9.48. The van der Waals surface area contributed by atoms with Crippen LogP contribution in [0.5, 0.6) is 0 Å². The molecule has 1 unspecified atom stereocenters. The quantitative estimate of drug-likeness (QED) is 0.609. The van der Waals surface area contributed by atoms with E-state index in [2.05, 4.69) is 11.1 Å². The Morgan fingerprint density at radius 2 is 2.10 bits per heavy atom. The summed E-state index contributed by atoms with van der Waals surface area (Å²) in [6.45, 7) is 5.10. The van der Waals surface area contributed by atoms with E-state index < -0.39 is 16.1 Å². The number of amides is 1. The molecule has 1 fully saturated rings. The first kappa shape index (κ1) is 20.5. The predicted octanol–water partition coefficient (Wildman–Crippen LogP) is 3.76. The molecule has 2 aromatic heterocycles. The summed E-state index contributed by atoms with van der Waals surface area (Å²) in [5, 5.41) is 1.74. The Kier molecular flexibility index (Phi) is 5.74. The average Bonchev–Trinajstić information content (AvgIpc) is 3.35. The number of aryl methyl sites for hydroxylation is 2. The summed E-state index contributed by atoms with van der Waals surface area (Å²) < 4.78 is 30.8. The van der Waals surface area contributed by atoms with Crippen LogP contribution in [0.2, 0.25) is 0 Å². The first-order valence-electron chi connectivity index (χ1n) is 9.65. The van der Waals surface area contributed by atoms with Crippen LogP contribution in [-0.4, -0.2) is 35.8 Å². The van der Waals surface area contributed by atoms with E-state index in [9.17, 15) is 13.2 Å². The fourth-order valence-electron chi connectivity index (χ4n) is 3.71. The van der Waals surface area contributed by atoms with E-state index in [-0.39, 0.29) is 10.1 Å². The van der Waals surface area contributed by atoms with Crippen molar-refractivity contribution in [1.29, 1.82) is 0 Å². The van der Waals surface area contributed by atoms with Gasteiger partial charge < -0.3 is 4.57 Å². The Bertz CT molecular complexity index is 1210. The number of piperidine rings is 1. The van der Waals surface area contributed by atoms with E-state index in [1.54, 1.807) is 17.5 Å². The molecule has 0 bridgehead atoms. The maximum Gasteiger partial charge on any atom is 0.266 e. The Morgan fingerprint density at radius 3 is 2.83 bits per heavy atom. The van der Waals surface area contributed by atoms with E-state index in [1.165, 1.54) is 27.0 Å². The molecule has 0 spiro atoms. The molecule has 154 valence electrons. The average molecular weight is 450 g/mol. The molecule has 4 rings (SSSR count). The molecule has 3 aromatic rings. The molecular formula is C20H23N3O3S3. The van der Waals surface area contributed by atoms with Crippen LogP contribution in [0, 0.1) is 6.92 Å².